The fraction of sp³-hybridized carbons (Fsp3) is 0.250. The van der Waals surface area contributed by atoms with Crippen molar-refractivity contribution in [2.45, 2.75) is 13.3 Å². The molecule has 0 aliphatic heterocycles. The number of para-hydroxylation sites is 1. The van der Waals surface area contributed by atoms with Crippen molar-refractivity contribution in [3.05, 3.63) is 28.8 Å². The maximum absolute atomic E-state index is 10.7. The van der Waals surface area contributed by atoms with Crippen LogP contribution in [0.4, 0.5) is 0 Å². The van der Waals surface area contributed by atoms with Gasteiger partial charge in [-0.2, -0.15) is 0 Å². The molecule has 0 aromatic heterocycles. The van der Waals surface area contributed by atoms with Crippen LogP contribution in [0.25, 0.3) is 0 Å². The number of aldehydes is 1. The van der Waals surface area contributed by atoms with Gasteiger partial charge in [-0.05, 0) is 19.1 Å². The van der Waals surface area contributed by atoms with E-state index < -0.39 is 0 Å². The molecule has 0 atom stereocenters. The lowest BCUT2D eigenvalue weighted by molar-refractivity contribution is 0.111. The SMILES string of the molecule is CC#CCCOc1c(Cl)cccc1C=O. The molecule has 0 heterocycles. The van der Waals surface area contributed by atoms with Crippen molar-refractivity contribution in [1.82, 2.24) is 0 Å². The molecule has 0 unspecified atom stereocenters. The van der Waals surface area contributed by atoms with Gasteiger partial charge in [-0.25, -0.2) is 0 Å². The molecule has 0 aliphatic carbocycles. The summed E-state index contributed by atoms with van der Waals surface area (Å²) in [6, 6.07) is 5.07. The van der Waals surface area contributed by atoms with Crippen LogP contribution in [0.15, 0.2) is 18.2 Å². The van der Waals surface area contributed by atoms with E-state index in [0.29, 0.717) is 29.4 Å². The van der Waals surface area contributed by atoms with Gasteiger partial charge in [0, 0.05) is 6.42 Å². The van der Waals surface area contributed by atoms with Gasteiger partial charge in [-0.3, -0.25) is 4.79 Å². The summed E-state index contributed by atoms with van der Waals surface area (Å²) in [5.41, 5.74) is 0.465. The predicted octanol–water partition coefficient (Wildman–Crippen LogP) is 2.94. The smallest absolute Gasteiger partial charge is 0.153 e. The first kappa shape index (κ1) is 11.6. The number of hydrogen-bond acceptors (Lipinski definition) is 2. The maximum Gasteiger partial charge on any atom is 0.153 e. The standard InChI is InChI=1S/C12H11ClO2/c1-2-3-4-8-15-12-10(9-14)6-5-7-11(12)13/h5-7,9H,4,8H2,1H3. The van der Waals surface area contributed by atoms with Gasteiger partial charge in [-0.15, -0.1) is 11.8 Å². The third kappa shape index (κ3) is 3.30. The largest absolute Gasteiger partial charge is 0.490 e. The van der Waals surface area contributed by atoms with Crippen LogP contribution in [-0.2, 0) is 0 Å². The van der Waals surface area contributed by atoms with Crippen LogP contribution in [0.5, 0.6) is 5.75 Å². The highest BCUT2D eigenvalue weighted by atomic mass is 35.5. The first-order valence-electron chi connectivity index (χ1n) is 4.55. The van der Waals surface area contributed by atoms with Crippen LogP contribution in [0.1, 0.15) is 23.7 Å². The molecule has 0 saturated heterocycles. The molecule has 2 nitrogen and oxygen atoms in total. The van der Waals surface area contributed by atoms with Crippen molar-refractivity contribution in [3.63, 3.8) is 0 Å². The summed E-state index contributed by atoms with van der Waals surface area (Å²) in [5, 5.41) is 0.448. The molecule has 1 aromatic carbocycles. The minimum Gasteiger partial charge on any atom is -0.490 e. The van der Waals surface area contributed by atoms with E-state index in [1.165, 1.54) is 0 Å². The van der Waals surface area contributed by atoms with Gasteiger partial charge in [0.1, 0.15) is 5.75 Å². The molecule has 0 amide bonds. The monoisotopic (exact) mass is 222 g/mol. The van der Waals surface area contributed by atoms with Crippen LogP contribution in [-0.4, -0.2) is 12.9 Å². The van der Waals surface area contributed by atoms with Crippen LogP contribution in [0, 0.1) is 11.8 Å². The van der Waals surface area contributed by atoms with E-state index >= 15 is 0 Å². The molecular formula is C12H11ClO2. The predicted molar refractivity (Wildman–Crippen MR) is 60.4 cm³/mol. The van der Waals surface area contributed by atoms with Crippen molar-refractivity contribution in [1.29, 1.82) is 0 Å². The molecule has 1 aromatic rings. The van der Waals surface area contributed by atoms with Crippen LogP contribution in [0.3, 0.4) is 0 Å². The lowest BCUT2D eigenvalue weighted by Gasteiger charge is -2.08. The first-order chi connectivity index (χ1) is 7.29. The maximum atomic E-state index is 10.7. The van der Waals surface area contributed by atoms with Crippen LogP contribution >= 0.6 is 11.6 Å². The zero-order chi connectivity index (χ0) is 11.1. The Hall–Kier alpha value is -1.46. The Morgan fingerprint density at radius 2 is 2.33 bits per heavy atom. The normalized spacial score (nSPS) is 8.93. The number of hydrogen-bond donors (Lipinski definition) is 0. The molecule has 0 aliphatic rings. The van der Waals surface area contributed by atoms with E-state index in [4.69, 9.17) is 16.3 Å². The van der Waals surface area contributed by atoms with Gasteiger partial charge in [0.15, 0.2) is 6.29 Å². The second kappa shape index (κ2) is 6.10. The number of benzene rings is 1. The van der Waals surface area contributed by atoms with Crippen molar-refractivity contribution >= 4 is 17.9 Å². The summed E-state index contributed by atoms with van der Waals surface area (Å²) in [5.74, 6) is 6.07. The Morgan fingerprint density at radius 3 is 3.00 bits per heavy atom. The topological polar surface area (TPSA) is 26.3 Å². The van der Waals surface area contributed by atoms with Crippen LogP contribution in [0.2, 0.25) is 5.02 Å². The zero-order valence-electron chi connectivity index (χ0n) is 8.42. The van der Waals surface area contributed by atoms with E-state index in [1.54, 1.807) is 25.1 Å². The Bertz CT molecular complexity index is 402. The Kier molecular flexibility index (Phi) is 4.73. The average Bonchev–Trinajstić information content (AvgIpc) is 2.26. The molecular weight excluding hydrogens is 212 g/mol. The second-order valence-corrected chi connectivity index (χ2v) is 3.21. The molecule has 1 rings (SSSR count). The van der Waals surface area contributed by atoms with Gasteiger partial charge in [0.2, 0.25) is 0 Å². The molecule has 15 heavy (non-hydrogen) atoms. The average molecular weight is 223 g/mol. The highest BCUT2D eigenvalue weighted by Gasteiger charge is 2.06. The molecule has 0 bridgehead atoms. The minimum atomic E-state index is 0.436. The highest BCUT2D eigenvalue weighted by molar-refractivity contribution is 6.32. The van der Waals surface area contributed by atoms with Crippen molar-refractivity contribution in [2.75, 3.05) is 6.61 Å². The molecule has 0 radical (unpaired) electrons. The number of carbonyl (C=O) groups is 1. The van der Waals surface area contributed by atoms with E-state index in [-0.39, 0.29) is 0 Å². The van der Waals surface area contributed by atoms with E-state index in [0.717, 1.165) is 6.29 Å². The summed E-state index contributed by atoms with van der Waals surface area (Å²) in [4.78, 5) is 10.7. The fourth-order valence-corrected chi connectivity index (χ4v) is 1.34. The Morgan fingerprint density at radius 1 is 1.53 bits per heavy atom. The zero-order valence-corrected chi connectivity index (χ0v) is 9.17. The molecule has 0 spiro atoms. The van der Waals surface area contributed by atoms with Crippen molar-refractivity contribution in [2.24, 2.45) is 0 Å². The summed E-state index contributed by atoms with van der Waals surface area (Å²) in [6.07, 6.45) is 1.35. The first-order valence-corrected chi connectivity index (χ1v) is 4.93. The van der Waals surface area contributed by atoms with Crippen molar-refractivity contribution in [3.8, 4) is 17.6 Å². The third-order valence-electron chi connectivity index (χ3n) is 1.77. The highest BCUT2D eigenvalue weighted by Crippen LogP contribution is 2.27. The number of rotatable bonds is 4. The lowest BCUT2D eigenvalue weighted by Crippen LogP contribution is -1.99. The number of halogens is 1. The van der Waals surface area contributed by atoms with Crippen molar-refractivity contribution < 1.29 is 9.53 Å². The van der Waals surface area contributed by atoms with Crippen LogP contribution < -0.4 is 4.74 Å². The van der Waals surface area contributed by atoms with Gasteiger partial charge in [0.25, 0.3) is 0 Å². The van der Waals surface area contributed by atoms with E-state index in [1.807, 2.05) is 0 Å². The Balaban J connectivity index is 2.73. The summed E-state index contributed by atoms with van der Waals surface area (Å²) >= 11 is 5.90. The number of carbonyl (C=O) groups excluding carboxylic acids is 1. The minimum absolute atomic E-state index is 0.436. The molecule has 0 saturated carbocycles. The quantitative estimate of drug-likeness (QED) is 0.445. The van der Waals surface area contributed by atoms with Gasteiger partial charge in [0.05, 0.1) is 17.2 Å². The molecule has 0 fully saturated rings. The summed E-state index contributed by atoms with van der Waals surface area (Å²) in [7, 11) is 0. The van der Waals surface area contributed by atoms with Gasteiger partial charge >= 0.3 is 0 Å². The van der Waals surface area contributed by atoms with E-state index in [9.17, 15) is 4.79 Å². The lowest BCUT2D eigenvalue weighted by atomic mass is 10.2. The summed E-state index contributed by atoms with van der Waals surface area (Å²) in [6.45, 7) is 2.21. The second-order valence-electron chi connectivity index (χ2n) is 2.80. The molecule has 3 heteroatoms. The fourth-order valence-electron chi connectivity index (χ4n) is 1.10. The van der Waals surface area contributed by atoms with E-state index in [2.05, 4.69) is 11.8 Å². The third-order valence-corrected chi connectivity index (χ3v) is 2.07. The molecule has 0 N–H and O–H groups in total. The number of ether oxygens (including phenoxy) is 1. The summed E-state index contributed by atoms with van der Waals surface area (Å²) < 4.78 is 5.40. The van der Waals surface area contributed by atoms with Gasteiger partial charge in [-0.1, -0.05) is 17.7 Å². The molecule has 78 valence electrons. The van der Waals surface area contributed by atoms with Gasteiger partial charge < -0.3 is 4.74 Å². The Labute approximate surface area is 94.2 Å².